The quantitative estimate of drug-likeness (QED) is 0.712. The highest BCUT2D eigenvalue weighted by molar-refractivity contribution is 7.89. The Morgan fingerprint density at radius 1 is 1.39 bits per heavy atom. The molecule has 1 fully saturated rings. The van der Waals surface area contributed by atoms with Crippen molar-refractivity contribution in [3.8, 4) is 0 Å². The standard InChI is InChI=1S/C10H12FN3O3S/c11-7-1-2-8(12)9(5-7)18(16,17)14-4-3-13-10(15)6-14/h1-2,5H,3-4,6,12H2,(H,13,15). The van der Waals surface area contributed by atoms with Crippen LogP contribution in [-0.2, 0) is 14.8 Å². The third kappa shape index (κ3) is 2.29. The van der Waals surface area contributed by atoms with Gasteiger partial charge in [0.15, 0.2) is 0 Å². The highest BCUT2D eigenvalue weighted by Crippen LogP contribution is 2.23. The number of amides is 1. The Morgan fingerprint density at radius 2 is 2.11 bits per heavy atom. The molecule has 1 aromatic carbocycles. The first-order valence-corrected chi connectivity index (χ1v) is 6.67. The van der Waals surface area contributed by atoms with Gasteiger partial charge in [0.25, 0.3) is 0 Å². The van der Waals surface area contributed by atoms with Gasteiger partial charge in [-0.25, -0.2) is 12.8 Å². The second kappa shape index (κ2) is 4.54. The Hall–Kier alpha value is -1.67. The molecule has 1 heterocycles. The maximum absolute atomic E-state index is 13.1. The number of piperazine rings is 1. The molecule has 1 saturated heterocycles. The summed E-state index contributed by atoms with van der Waals surface area (Å²) in [4.78, 5) is 10.9. The van der Waals surface area contributed by atoms with Crippen LogP contribution in [0.1, 0.15) is 0 Å². The van der Waals surface area contributed by atoms with Gasteiger partial charge in [0, 0.05) is 13.1 Å². The van der Waals surface area contributed by atoms with Gasteiger partial charge in [0.05, 0.1) is 12.2 Å². The van der Waals surface area contributed by atoms with E-state index in [9.17, 15) is 17.6 Å². The van der Waals surface area contributed by atoms with Crippen molar-refractivity contribution in [2.45, 2.75) is 4.90 Å². The maximum Gasteiger partial charge on any atom is 0.245 e. The molecule has 0 atom stereocenters. The van der Waals surface area contributed by atoms with Crippen LogP contribution < -0.4 is 11.1 Å². The van der Waals surface area contributed by atoms with Crippen LogP contribution in [0.15, 0.2) is 23.1 Å². The van der Waals surface area contributed by atoms with Gasteiger partial charge in [-0.05, 0) is 18.2 Å². The zero-order valence-corrected chi connectivity index (χ0v) is 10.2. The summed E-state index contributed by atoms with van der Waals surface area (Å²) >= 11 is 0. The zero-order valence-electron chi connectivity index (χ0n) is 9.39. The number of carbonyl (C=O) groups is 1. The van der Waals surface area contributed by atoms with Gasteiger partial charge in [0.2, 0.25) is 15.9 Å². The Bertz CT molecular complexity index is 588. The van der Waals surface area contributed by atoms with E-state index in [0.717, 1.165) is 16.4 Å². The monoisotopic (exact) mass is 273 g/mol. The summed E-state index contributed by atoms with van der Waals surface area (Å²) in [5.41, 5.74) is 5.50. The molecule has 18 heavy (non-hydrogen) atoms. The largest absolute Gasteiger partial charge is 0.398 e. The third-order valence-electron chi connectivity index (χ3n) is 2.60. The Morgan fingerprint density at radius 3 is 2.78 bits per heavy atom. The van der Waals surface area contributed by atoms with E-state index in [1.165, 1.54) is 6.07 Å². The van der Waals surface area contributed by atoms with Crippen molar-refractivity contribution < 1.29 is 17.6 Å². The minimum Gasteiger partial charge on any atom is -0.398 e. The van der Waals surface area contributed by atoms with Crippen LogP contribution in [0.4, 0.5) is 10.1 Å². The number of sulfonamides is 1. The summed E-state index contributed by atoms with van der Waals surface area (Å²) in [5.74, 6) is -1.08. The van der Waals surface area contributed by atoms with Crippen LogP contribution in [0.25, 0.3) is 0 Å². The van der Waals surface area contributed by atoms with Crippen LogP contribution in [0.2, 0.25) is 0 Å². The summed E-state index contributed by atoms with van der Waals surface area (Å²) < 4.78 is 38.5. The molecule has 0 spiro atoms. The lowest BCUT2D eigenvalue weighted by Gasteiger charge is -2.26. The fourth-order valence-electron chi connectivity index (χ4n) is 1.69. The number of carbonyl (C=O) groups excluding carboxylic acids is 1. The molecule has 6 nitrogen and oxygen atoms in total. The van der Waals surface area contributed by atoms with Gasteiger partial charge in [-0.2, -0.15) is 4.31 Å². The van der Waals surface area contributed by atoms with Crippen molar-refractivity contribution in [3.63, 3.8) is 0 Å². The number of rotatable bonds is 2. The predicted octanol–water partition coefficient (Wildman–Crippen LogP) is -0.472. The Kier molecular flexibility index (Phi) is 3.22. The van der Waals surface area contributed by atoms with Crippen LogP contribution in [0.3, 0.4) is 0 Å². The minimum atomic E-state index is -3.94. The molecule has 2 rings (SSSR count). The number of anilines is 1. The third-order valence-corrected chi connectivity index (χ3v) is 4.50. The van der Waals surface area contributed by atoms with Crippen molar-refractivity contribution in [1.29, 1.82) is 0 Å². The lowest BCUT2D eigenvalue weighted by molar-refractivity contribution is -0.122. The summed E-state index contributed by atoms with van der Waals surface area (Å²) in [6.45, 7) is 0.0929. The second-order valence-electron chi connectivity index (χ2n) is 3.87. The fourth-order valence-corrected chi connectivity index (χ4v) is 3.22. The van der Waals surface area contributed by atoms with E-state index in [4.69, 9.17) is 5.73 Å². The molecule has 0 unspecified atom stereocenters. The minimum absolute atomic E-state index is 0.0395. The molecule has 8 heteroatoms. The van der Waals surface area contributed by atoms with Crippen molar-refractivity contribution in [2.75, 3.05) is 25.4 Å². The van der Waals surface area contributed by atoms with Crippen molar-refractivity contribution >= 4 is 21.6 Å². The lowest BCUT2D eigenvalue weighted by Crippen LogP contribution is -2.49. The topological polar surface area (TPSA) is 92.5 Å². The lowest BCUT2D eigenvalue weighted by atomic mass is 10.3. The van der Waals surface area contributed by atoms with Crippen molar-refractivity contribution in [2.24, 2.45) is 0 Å². The normalized spacial score (nSPS) is 17.5. The van der Waals surface area contributed by atoms with E-state index in [0.29, 0.717) is 0 Å². The number of benzene rings is 1. The molecule has 3 N–H and O–H groups in total. The Labute approximate surface area is 104 Å². The fraction of sp³-hybridized carbons (Fsp3) is 0.300. The number of hydrogen-bond donors (Lipinski definition) is 2. The molecule has 98 valence electrons. The second-order valence-corrected chi connectivity index (χ2v) is 5.78. The molecule has 0 bridgehead atoms. The van der Waals surface area contributed by atoms with E-state index in [1.54, 1.807) is 0 Å². The van der Waals surface area contributed by atoms with E-state index >= 15 is 0 Å². The van der Waals surface area contributed by atoms with Crippen LogP contribution in [0.5, 0.6) is 0 Å². The van der Waals surface area contributed by atoms with Gasteiger partial charge >= 0.3 is 0 Å². The maximum atomic E-state index is 13.1. The number of nitrogens with one attached hydrogen (secondary N) is 1. The van der Waals surface area contributed by atoms with Gasteiger partial charge in [0.1, 0.15) is 10.7 Å². The molecular formula is C10H12FN3O3S. The first kappa shape index (κ1) is 12.8. The summed E-state index contributed by atoms with van der Waals surface area (Å²) in [6.07, 6.45) is 0. The number of nitrogen functional groups attached to an aromatic ring is 1. The smallest absolute Gasteiger partial charge is 0.245 e. The van der Waals surface area contributed by atoms with Gasteiger partial charge in [-0.3, -0.25) is 4.79 Å². The molecule has 1 amide bonds. The highest BCUT2D eigenvalue weighted by Gasteiger charge is 2.30. The van der Waals surface area contributed by atoms with Crippen LogP contribution >= 0.6 is 0 Å². The van der Waals surface area contributed by atoms with E-state index < -0.39 is 15.8 Å². The first-order valence-electron chi connectivity index (χ1n) is 5.23. The van der Waals surface area contributed by atoms with Gasteiger partial charge in [-0.1, -0.05) is 0 Å². The molecule has 1 aliphatic heterocycles. The van der Waals surface area contributed by atoms with E-state index in [1.807, 2.05) is 0 Å². The molecule has 1 aliphatic rings. The van der Waals surface area contributed by atoms with E-state index in [-0.39, 0.29) is 36.1 Å². The number of halogens is 1. The molecular weight excluding hydrogens is 261 g/mol. The van der Waals surface area contributed by atoms with Crippen molar-refractivity contribution in [3.05, 3.63) is 24.0 Å². The van der Waals surface area contributed by atoms with Gasteiger partial charge in [-0.15, -0.1) is 0 Å². The SMILES string of the molecule is Nc1ccc(F)cc1S(=O)(=O)N1CCNC(=O)C1. The molecule has 0 aliphatic carbocycles. The van der Waals surface area contributed by atoms with Crippen molar-refractivity contribution in [1.82, 2.24) is 9.62 Å². The average Bonchev–Trinajstić information content (AvgIpc) is 2.32. The summed E-state index contributed by atoms with van der Waals surface area (Å²) in [7, 11) is -3.94. The molecule has 0 aromatic heterocycles. The average molecular weight is 273 g/mol. The summed E-state index contributed by atoms with van der Waals surface area (Å²) in [6, 6.07) is 3.13. The zero-order chi connectivity index (χ0) is 13.3. The van der Waals surface area contributed by atoms with Crippen LogP contribution in [-0.4, -0.2) is 38.3 Å². The first-order chi connectivity index (χ1) is 8.41. The number of hydrogen-bond acceptors (Lipinski definition) is 4. The number of nitrogens with two attached hydrogens (primary N) is 1. The molecule has 0 radical (unpaired) electrons. The highest BCUT2D eigenvalue weighted by atomic mass is 32.2. The van der Waals surface area contributed by atoms with Gasteiger partial charge < -0.3 is 11.1 Å². The molecule has 0 saturated carbocycles. The predicted molar refractivity (Wildman–Crippen MR) is 62.6 cm³/mol. The number of nitrogens with zero attached hydrogens (tertiary/aromatic N) is 1. The summed E-state index contributed by atoms with van der Waals surface area (Å²) in [5, 5.41) is 2.51. The van der Waals surface area contributed by atoms with Crippen LogP contribution in [0, 0.1) is 5.82 Å². The Balaban J connectivity index is 2.41. The van der Waals surface area contributed by atoms with E-state index in [2.05, 4.69) is 5.32 Å². The molecule has 1 aromatic rings.